The number of carbonyl (C=O) groups is 1. The third-order valence-corrected chi connectivity index (χ3v) is 6.31. The first kappa shape index (κ1) is 15.9. The van der Waals surface area contributed by atoms with E-state index in [1.165, 1.54) is 29.5 Å². The number of epoxide rings is 1. The van der Waals surface area contributed by atoms with Crippen LogP contribution < -0.4 is 5.32 Å². The number of ether oxygens (including phenoxy) is 2. The van der Waals surface area contributed by atoms with Gasteiger partial charge in [-0.3, -0.25) is 0 Å². The molecule has 1 aliphatic heterocycles. The smallest absolute Gasteiger partial charge is 0.407 e. The number of hydrogen-bond donors (Lipinski definition) is 1. The van der Waals surface area contributed by atoms with Crippen molar-refractivity contribution < 1.29 is 14.3 Å². The van der Waals surface area contributed by atoms with Crippen LogP contribution in [0.4, 0.5) is 4.79 Å². The highest BCUT2D eigenvalue weighted by Gasteiger charge is 2.71. The van der Waals surface area contributed by atoms with E-state index in [4.69, 9.17) is 9.47 Å². The Morgan fingerprint density at radius 2 is 2.21 bits per heavy atom. The Hall–Kier alpha value is -1.55. The summed E-state index contributed by atoms with van der Waals surface area (Å²) in [5.74, 6) is 0. The third-order valence-electron chi connectivity index (χ3n) is 6.31. The topological polar surface area (TPSA) is 50.9 Å². The fraction of sp³-hybridized carbons (Fsp3) is 0.650. The number of nitrogens with one attached hydrogen (secondary N) is 1. The van der Waals surface area contributed by atoms with E-state index in [0.717, 1.165) is 25.7 Å². The molecule has 1 N–H and O–H groups in total. The second-order valence-corrected chi connectivity index (χ2v) is 7.55. The van der Waals surface area contributed by atoms with Gasteiger partial charge in [0.25, 0.3) is 0 Å². The molecule has 0 radical (unpaired) electrons. The Morgan fingerprint density at radius 1 is 1.38 bits per heavy atom. The molecule has 130 valence electrons. The minimum absolute atomic E-state index is 0.0163. The molecule has 24 heavy (non-hydrogen) atoms. The molecule has 3 unspecified atom stereocenters. The van der Waals surface area contributed by atoms with Gasteiger partial charge in [-0.2, -0.15) is 0 Å². The van der Waals surface area contributed by atoms with E-state index in [1.807, 2.05) is 6.92 Å². The average Bonchev–Trinajstić information content (AvgIpc) is 3.26. The Morgan fingerprint density at radius 3 is 3.04 bits per heavy atom. The van der Waals surface area contributed by atoms with Gasteiger partial charge >= 0.3 is 6.09 Å². The fourth-order valence-electron chi connectivity index (χ4n) is 5.24. The van der Waals surface area contributed by atoms with Crippen molar-refractivity contribution in [1.29, 1.82) is 0 Å². The van der Waals surface area contributed by atoms with Gasteiger partial charge in [0.2, 0.25) is 0 Å². The van der Waals surface area contributed by atoms with Crippen LogP contribution >= 0.6 is 0 Å². The molecular formula is C20H27NO3. The summed E-state index contributed by atoms with van der Waals surface area (Å²) >= 11 is 0. The highest BCUT2D eigenvalue weighted by atomic mass is 16.6. The fourth-order valence-corrected chi connectivity index (χ4v) is 5.24. The lowest BCUT2D eigenvalue weighted by atomic mass is 9.55. The van der Waals surface area contributed by atoms with Crippen LogP contribution in [0.5, 0.6) is 0 Å². The van der Waals surface area contributed by atoms with Gasteiger partial charge in [-0.15, -0.1) is 0 Å². The molecule has 1 saturated carbocycles. The molecule has 3 aliphatic rings. The maximum Gasteiger partial charge on any atom is 0.407 e. The number of carbonyl (C=O) groups excluding carboxylic acids is 1. The van der Waals surface area contributed by atoms with Gasteiger partial charge < -0.3 is 14.8 Å². The molecule has 1 aromatic rings. The Bertz CT molecular complexity index is 658. The van der Waals surface area contributed by atoms with Gasteiger partial charge in [0.1, 0.15) is 5.60 Å². The summed E-state index contributed by atoms with van der Waals surface area (Å²) in [5.41, 5.74) is 4.29. The van der Waals surface area contributed by atoms with Crippen molar-refractivity contribution in [1.82, 2.24) is 5.32 Å². The van der Waals surface area contributed by atoms with Crippen LogP contribution in [-0.4, -0.2) is 30.9 Å². The first-order valence-corrected chi connectivity index (χ1v) is 9.30. The van der Waals surface area contributed by atoms with Crippen LogP contribution in [0.15, 0.2) is 18.2 Å². The molecule has 1 aromatic carbocycles. The molecule has 3 atom stereocenters. The Labute approximate surface area is 143 Å². The van der Waals surface area contributed by atoms with Crippen LogP contribution in [0, 0.1) is 6.92 Å². The van der Waals surface area contributed by atoms with Crippen molar-refractivity contribution in [2.75, 3.05) is 13.2 Å². The highest BCUT2D eigenvalue weighted by Crippen LogP contribution is 2.65. The Kier molecular flexibility index (Phi) is 3.83. The zero-order chi connectivity index (χ0) is 16.8. The quantitative estimate of drug-likeness (QED) is 0.858. The number of alkyl carbamates (subject to hydrolysis) is 1. The van der Waals surface area contributed by atoms with Gasteiger partial charge in [0.15, 0.2) is 0 Å². The van der Waals surface area contributed by atoms with E-state index in [-0.39, 0.29) is 17.1 Å². The van der Waals surface area contributed by atoms with E-state index in [0.29, 0.717) is 19.3 Å². The van der Waals surface area contributed by atoms with E-state index < -0.39 is 0 Å². The Balaban J connectivity index is 1.64. The van der Waals surface area contributed by atoms with Crippen LogP contribution in [0.3, 0.4) is 0 Å². The minimum atomic E-state index is -0.313. The SMILES string of the molecule is CCOC(=O)NCCC12CCCCC13OC3Cc1ccc(C)cc12. The predicted octanol–water partition coefficient (Wildman–Crippen LogP) is 3.64. The van der Waals surface area contributed by atoms with Crippen LogP contribution in [0.2, 0.25) is 0 Å². The third kappa shape index (κ3) is 2.26. The summed E-state index contributed by atoms with van der Waals surface area (Å²) < 4.78 is 11.4. The van der Waals surface area contributed by atoms with Crippen LogP contribution in [0.1, 0.15) is 55.7 Å². The van der Waals surface area contributed by atoms with Gasteiger partial charge in [0.05, 0.1) is 12.7 Å². The zero-order valence-corrected chi connectivity index (χ0v) is 14.7. The van der Waals surface area contributed by atoms with E-state index in [9.17, 15) is 4.79 Å². The van der Waals surface area contributed by atoms with Crippen molar-refractivity contribution in [2.45, 2.75) is 69.5 Å². The molecule has 4 rings (SSSR count). The number of rotatable bonds is 4. The summed E-state index contributed by atoms with van der Waals surface area (Å²) in [4.78, 5) is 11.7. The van der Waals surface area contributed by atoms with Crippen molar-refractivity contribution >= 4 is 6.09 Å². The summed E-state index contributed by atoms with van der Waals surface area (Å²) in [7, 11) is 0. The number of amides is 1. The van der Waals surface area contributed by atoms with Gasteiger partial charge in [-0.25, -0.2) is 4.79 Å². The summed E-state index contributed by atoms with van der Waals surface area (Å²) in [6.45, 7) is 5.05. The molecule has 0 aromatic heterocycles. The molecule has 1 amide bonds. The lowest BCUT2D eigenvalue weighted by Gasteiger charge is -2.47. The van der Waals surface area contributed by atoms with Gasteiger partial charge in [0, 0.05) is 18.4 Å². The summed E-state index contributed by atoms with van der Waals surface area (Å²) in [5, 5.41) is 2.92. The number of aryl methyl sites for hydroxylation is 1. The molecule has 0 bridgehead atoms. The maximum atomic E-state index is 11.7. The molecule has 2 fully saturated rings. The molecule has 4 nitrogen and oxygen atoms in total. The molecule has 1 heterocycles. The maximum absolute atomic E-state index is 11.7. The van der Waals surface area contributed by atoms with E-state index in [1.54, 1.807) is 0 Å². The first-order valence-electron chi connectivity index (χ1n) is 9.30. The lowest BCUT2D eigenvalue weighted by Crippen LogP contribution is -2.51. The molecule has 1 saturated heterocycles. The lowest BCUT2D eigenvalue weighted by molar-refractivity contribution is 0.108. The van der Waals surface area contributed by atoms with Crippen molar-refractivity contribution in [2.24, 2.45) is 0 Å². The number of hydrogen-bond acceptors (Lipinski definition) is 3. The monoisotopic (exact) mass is 329 g/mol. The second kappa shape index (κ2) is 5.76. The normalized spacial score (nSPS) is 33.0. The average molecular weight is 329 g/mol. The van der Waals surface area contributed by atoms with Crippen molar-refractivity contribution in [3.8, 4) is 0 Å². The summed E-state index contributed by atoms with van der Waals surface area (Å²) in [6, 6.07) is 6.86. The van der Waals surface area contributed by atoms with Gasteiger partial charge in [-0.1, -0.05) is 36.6 Å². The predicted molar refractivity (Wildman–Crippen MR) is 92.3 cm³/mol. The van der Waals surface area contributed by atoms with Crippen LogP contribution in [0.25, 0.3) is 0 Å². The summed E-state index contributed by atoms with van der Waals surface area (Å²) in [6.07, 6.45) is 6.84. The molecule has 2 aliphatic carbocycles. The van der Waals surface area contributed by atoms with E-state index >= 15 is 0 Å². The van der Waals surface area contributed by atoms with Gasteiger partial charge in [-0.05, 0) is 44.2 Å². The molecule has 4 heteroatoms. The minimum Gasteiger partial charge on any atom is -0.450 e. The van der Waals surface area contributed by atoms with E-state index in [2.05, 4.69) is 30.4 Å². The standard InChI is InChI=1S/C20H27NO3/c1-3-23-18(22)21-11-10-19-8-4-5-9-20(19)17(24-20)13-15-7-6-14(2)12-16(15)19/h6-7,12,17H,3-5,8-11,13H2,1-2H3,(H,21,22). The van der Waals surface area contributed by atoms with Crippen molar-refractivity contribution in [3.05, 3.63) is 34.9 Å². The van der Waals surface area contributed by atoms with Crippen LogP contribution in [-0.2, 0) is 21.3 Å². The molecular weight excluding hydrogens is 302 g/mol. The first-order chi connectivity index (χ1) is 11.6. The van der Waals surface area contributed by atoms with Crippen molar-refractivity contribution in [3.63, 3.8) is 0 Å². The number of benzene rings is 1. The second-order valence-electron chi connectivity index (χ2n) is 7.55. The zero-order valence-electron chi connectivity index (χ0n) is 14.7. The number of fused-ring (bicyclic) bond motifs is 2. The highest BCUT2D eigenvalue weighted by molar-refractivity contribution is 5.67. The molecule has 1 spiro atoms. The largest absolute Gasteiger partial charge is 0.450 e.